The summed E-state index contributed by atoms with van der Waals surface area (Å²) in [7, 11) is 1.79. The molecule has 3 heterocycles. The van der Waals surface area contributed by atoms with Crippen LogP contribution >= 0.6 is 0 Å². The number of anilines is 1. The lowest BCUT2D eigenvalue weighted by Crippen LogP contribution is -2.42. The number of carbonyl (C=O) groups excluding carboxylic acids is 1. The lowest BCUT2D eigenvalue weighted by Gasteiger charge is -2.33. The highest BCUT2D eigenvalue weighted by Gasteiger charge is 2.27. The van der Waals surface area contributed by atoms with Crippen molar-refractivity contribution < 1.29 is 14.3 Å². The molecule has 166 valence electrons. The fourth-order valence-electron chi connectivity index (χ4n) is 3.75. The Bertz CT molecular complexity index is 1060. The van der Waals surface area contributed by atoms with Crippen LogP contribution in [0.3, 0.4) is 0 Å². The van der Waals surface area contributed by atoms with Gasteiger partial charge in [0.2, 0.25) is 0 Å². The van der Waals surface area contributed by atoms with Gasteiger partial charge in [0.15, 0.2) is 0 Å². The number of carbonyl (C=O) groups is 1. The van der Waals surface area contributed by atoms with Crippen molar-refractivity contribution in [1.82, 2.24) is 14.9 Å². The van der Waals surface area contributed by atoms with Crippen LogP contribution < -0.4 is 10.1 Å². The molecule has 1 aromatic carbocycles. The molecule has 1 fully saturated rings. The topological polar surface area (TPSA) is 76.6 Å². The third kappa shape index (κ3) is 5.23. The Morgan fingerprint density at radius 3 is 2.84 bits per heavy atom. The number of nitrogens with zero attached hydrogens (tertiary/aromatic N) is 3. The van der Waals surface area contributed by atoms with Gasteiger partial charge in [0.25, 0.3) is 5.91 Å². The first-order valence-electron chi connectivity index (χ1n) is 10.9. The van der Waals surface area contributed by atoms with Gasteiger partial charge in [0, 0.05) is 37.5 Å². The zero-order chi connectivity index (χ0) is 22.3. The molecule has 1 N–H and O–H groups in total. The van der Waals surface area contributed by atoms with E-state index in [1.54, 1.807) is 25.4 Å². The van der Waals surface area contributed by atoms with Crippen molar-refractivity contribution in [2.24, 2.45) is 0 Å². The zero-order valence-corrected chi connectivity index (χ0v) is 18.5. The fraction of sp³-hybridized carbons (Fsp3) is 0.320. The van der Waals surface area contributed by atoms with Gasteiger partial charge in [0.05, 0.1) is 25.5 Å². The van der Waals surface area contributed by atoms with Crippen molar-refractivity contribution in [2.75, 3.05) is 38.7 Å². The molecule has 1 saturated heterocycles. The van der Waals surface area contributed by atoms with Crippen molar-refractivity contribution in [3.63, 3.8) is 0 Å². The second-order valence-corrected chi connectivity index (χ2v) is 7.60. The van der Waals surface area contributed by atoms with E-state index >= 15 is 0 Å². The Hall–Kier alpha value is -3.45. The van der Waals surface area contributed by atoms with Crippen LogP contribution in [-0.2, 0) is 11.2 Å². The van der Waals surface area contributed by atoms with Crippen LogP contribution in [0.4, 0.5) is 5.82 Å². The summed E-state index contributed by atoms with van der Waals surface area (Å²) in [6.45, 7) is 4.13. The van der Waals surface area contributed by atoms with Crippen LogP contribution in [0.2, 0.25) is 0 Å². The monoisotopic (exact) mass is 432 g/mol. The summed E-state index contributed by atoms with van der Waals surface area (Å²) >= 11 is 0. The van der Waals surface area contributed by atoms with Gasteiger partial charge in [-0.25, -0.2) is 4.98 Å². The summed E-state index contributed by atoms with van der Waals surface area (Å²) in [5, 5.41) is 2.97. The van der Waals surface area contributed by atoms with E-state index in [1.807, 2.05) is 42.2 Å². The molecule has 1 aliphatic rings. The van der Waals surface area contributed by atoms with Crippen LogP contribution in [0, 0.1) is 0 Å². The van der Waals surface area contributed by atoms with Crippen molar-refractivity contribution in [1.29, 1.82) is 0 Å². The van der Waals surface area contributed by atoms with Crippen molar-refractivity contribution in [2.45, 2.75) is 19.4 Å². The van der Waals surface area contributed by atoms with Gasteiger partial charge in [-0.05, 0) is 48.9 Å². The van der Waals surface area contributed by atoms with E-state index in [2.05, 4.69) is 22.4 Å². The predicted octanol–water partition coefficient (Wildman–Crippen LogP) is 3.72. The van der Waals surface area contributed by atoms with Gasteiger partial charge in [-0.15, -0.1) is 0 Å². The largest absolute Gasteiger partial charge is 0.494 e. The zero-order valence-electron chi connectivity index (χ0n) is 18.5. The molecule has 1 unspecified atom stereocenters. The SMILES string of the molecule is CCOc1ccc(Cc2cccc(C3CN(C(=O)c4ccnc(NC)c4)CCO3)n2)cc1. The average molecular weight is 433 g/mol. The highest BCUT2D eigenvalue weighted by atomic mass is 16.5. The highest BCUT2D eigenvalue weighted by molar-refractivity contribution is 5.94. The summed E-state index contributed by atoms with van der Waals surface area (Å²) < 4.78 is 11.5. The second-order valence-electron chi connectivity index (χ2n) is 7.60. The molecule has 0 radical (unpaired) electrons. The molecule has 1 atom stereocenters. The van der Waals surface area contributed by atoms with E-state index in [4.69, 9.17) is 14.5 Å². The molecule has 0 saturated carbocycles. The van der Waals surface area contributed by atoms with E-state index in [-0.39, 0.29) is 12.0 Å². The first kappa shape index (κ1) is 21.8. The molecule has 7 nitrogen and oxygen atoms in total. The summed E-state index contributed by atoms with van der Waals surface area (Å²) in [5.41, 5.74) is 3.59. The lowest BCUT2D eigenvalue weighted by molar-refractivity contribution is -0.0247. The Morgan fingerprint density at radius 1 is 1.22 bits per heavy atom. The van der Waals surface area contributed by atoms with Crippen LogP contribution in [0.1, 0.15) is 40.3 Å². The van der Waals surface area contributed by atoms with E-state index < -0.39 is 0 Å². The number of pyridine rings is 2. The Morgan fingerprint density at radius 2 is 2.06 bits per heavy atom. The Kier molecular flexibility index (Phi) is 6.97. The molecule has 0 aliphatic carbocycles. The smallest absolute Gasteiger partial charge is 0.254 e. The van der Waals surface area contributed by atoms with E-state index in [1.165, 1.54) is 0 Å². The standard InChI is InChI=1S/C25H28N4O3/c1-3-31-21-9-7-18(8-10-21)15-20-5-4-6-22(28-20)23-17-29(13-14-32-23)25(30)19-11-12-27-24(16-19)26-2/h4-12,16,23H,3,13-15,17H2,1-2H3,(H,26,27). The minimum atomic E-state index is -0.251. The van der Waals surface area contributed by atoms with E-state index in [0.717, 1.165) is 29.1 Å². The first-order valence-corrected chi connectivity index (χ1v) is 10.9. The maximum Gasteiger partial charge on any atom is 0.254 e. The molecule has 3 aromatic rings. The molecule has 1 aliphatic heterocycles. The van der Waals surface area contributed by atoms with Gasteiger partial charge in [-0.1, -0.05) is 18.2 Å². The number of nitrogens with one attached hydrogen (secondary N) is 1. The summed E-state index contributed by atoms with van der Waals surface area (Å²) in [5.74, 6) is 1.52. The van der Waals surface area contributed by atoms with Crippen LogP contribution in [0.25, 0.3) is 0 Å². The number of benzene rings is 1. The van der Waals surface area contributed by atoms with Crippen LogP contribution in [0.15, 0.2) is 60.8 Å². The summed E-state index contributed by atoms with van der Waals surface area (Å²) in [6.07, 6.45) is 2.11. The summed E-state index contributed by atoms with van der Waals surface area (Å²) in [6, 6.07) is 17.6. The molecule has 2 aromatic heterocycles. The second kappa shape index (κ2) is 10.2. The molecule has 32 heavy (non-hydrogen) atoms. The first-order chi connectivity index (χ1) is 15.7. The third-order valence-corrected chi connectivity index (χ3v) is 5.39. The minimum absolute atomic E-state index is 0.0252. The van der Waals surface area contributed by atoms with Crippen molar-refractivity contribution in [3.05, 3.63) is 83.3 Å². The highest BCUT2D eigenvalue weighted by Crippen LogP contribution is 2.23. The number of morpholine rings is 1. The molecular formula is C25H28N4O3. The molecule has 4 rings (SSSR count). The minimum Gasteiger partial charge on any atom is -0.494 e. The quantitative estimate of drug-likeness (QED) is 0.613. The maximum absolute atomic E-state index is 13.0. The van der Waals surface area contributed by atoms with Crippen LogP contribution in [-0.4, -0.2) is 54.1 Å². The number of aromatic nitrogens is 2. The van der Waals surface area contributed by atoms with Gasteiger partial charge in [-0.3, -0.25) is 9.78 Å². The molecule has 0 spiro atoms. The van der Waals surface area contributed by atoms with E-state index in [9.17, 15) is 4.79 Å². The van der Waals surface area contributed by atoms with Gasteiger partial charge in [-0.2, -0.15) is 0 Å². The molecule has 7 heteroatoms. The molecular weight excluding hydrogens is 404 g/mol. The number of rotatable bonds is 7. The fourth-order valence-corrected chi connectivity index (χ4v) is 3.75. The Balaban J connectivity index is 1.44. The van der Waals surface area contributed by atoms with Gasteiger partial charge >= 0.3 is 0 Å². The summed E-state index contributed by atoms with van der Waals surface area (Å²) in [4.78, 5) is 23.8. The normalized spacial score (nSPS) is 15.9. The number of hydrogen-bond acceptors (Lipinski definition) is 6. The molecule has 0 bridgehead atoms. The van der Waals surface area contributed by atoms with Gasteiger partial charge < -0.3 is 19.7 Å². The lowest BCUT2D eigenvalue weighted by atomic mass is 10.1. The predicted molar refractivity (Wildman–Crippen MR) is 123 cm³/mol. The third-order valence-electron chi connectivity index (χ3n) is 5.39. The number of amides is 1. The van der Waals surface area contributed by atoms with Crippen molar-refractivity contribution >= 4 is 11.7 Å². The maximum atomic E-state index is 13.0. The van der Waals surface area contributed by atoms with Crippen molar-refractivity contribution in [3.8, 4) is 5.75 Å². The average Bonchev–Trinajstić information content (AvgIpc) is 2.85. The Labute approximate surface area is 188 Å². The van der Waals surface area contributed by atoms with Crippen LogP contribution in [0.5, 0.6) is 5.75 Å². The van der Waals surface area contributed by atoms with E-state index in [0.29, 0.717) is 37.7 Å². The van der Waals surface area contributed by atoms with Gasteiger partial charge in [0.1, 0.15) is 17.7 Å². The number of hydrogen-bond donors (Lipinski definition) is 1. The number of ether oxygens (including phenoxy) is 2. The molecule has 1 amide bonds.